The van der Waals surface area contributed by atoms with Crippen molar-refractivity contribution in [1.29, 1.82) is 0 Å². The maximum absolute atomic E-state index is 4.85. The molecule has 0 fully saturated rings. The van der Waals surface area contributed by atoms with Crippen LogP contribution in [0.25, 0.3) is 55.2 Å². The Kier molecular flexibility index (Phi) is 7.56. The molecule has 7 aromatic rings. The van der Waals surface area contributed by atoms with Crippen molar-refractivity contribution in [1.82, 2.24) is 9.97 Å². The Balaban J connectivity index is 0.000000205. The SMILES string of the molecule is CC1(C)c2c(ccnc2-c2[c-]cc3ccccc3c2)-c2ccc3ccccc3c21.[Ir].[c-]1ccccc1-c1ccccn1. The Bertz CT molecular complexity index is 1980. The molecule has 3 heteroatoms. The topological polar surface area (TPSA) is 25.8 Å². The normalized spacial score (nSPS) is 12.5. The quantitative estimate of drug-likeness (QED) is 0.167. The first-order valence-corrected chi connectivity index (χ1v) is 13.9. The van der Waals surface area contributed by atoms with Gasteiger partial charge in [0.05, 0.1) is 0 Å². The van der Waals surface area contributed by atoms with E-state index in [1.54, 1.807) is 6.20 Å². The smallest absolute Gasteiger partial charge is 0.0167 e. The van der Waals surface area contributed by atoms with Gasteiger partial charge in [0, 0.05) is 37.9 Å². The molecule has 1 radical (unpaired) electrons. The zero-order chi connectivity index (χ0) is 27.8. The maximum Gasteiger partial charge on any atom is 0.0167 e. The van der Waals surface area contributed by atoms with E-state index in [4.69, 9.17) is 4.98 Å². The van der Waals surface area contributed by atoms with E-state index in [1.807, 2.05) is 48.7 Å². The van der Waals surface area contributed by atoms with Gasteiger partial charge < -0.3 is 9.97 Å². The van der Waals surface area contributed by atoms with E-state index in [2.05, 4.69) is 110 Å². The number of aromatic nitrogens is 2. The van der Waals surface area contributed by atoms with E-state index in [9.17, 15) is 0 Å². The summed E-state index contributed by atoms with van der Waals surface area (Å²) in [4.78, 5) is 9.07. The molecule has 0 unspecified atom stereocenters. The first kappa shape index (κ1) is 27.7. The second kappa shape index (κ2) is 11.4. The number of pyridine rings is 2. The van der Waals surface area contributed by atoms with Crippen LogP contribution in [0.2, 0.25) is 0 Å². The van der Waals surface area contributed by atoms with Gasteiger partial charge in [-0.3, -0.25) is 0 Å². The monoisotopic (exact) mass is 717 g/mol. The Hall–Kier alpha value is -4.43. The zero-order valence-corrected chi connectivity index (χ0v) is 25.8. The number of benzene rings is 5. The summed E-state index contributed by atoms with van der Waals surface area (Å²) < 4.78 is 0. The molecule has 0 saturated heterocycles. The summed E-state index contributed by atoms with van der Waals surface area (Å²) >= 11 is 0. The van der Waals surface area contributed by atoms with Gasteiger partial charge in [0.1, 0.15) is 0 Å². The van der Waals surface area contributed by atoms with Crippen LogP contribution in [0.3, 0.4) is 0 Å². The van der Waals surface area contributed by atoms with Gasteiger partial charge in [0.25, 0.3) is 0 Å². The summed E-state index contributed by atoms with van der Waals surface area (Å²) in [7, 11) is 0. The molecule has 205 valence electrons. The minimum absolute atomic E-state index is 0. The van der Waals surface area contributed by atoms with Crippen molar-refractivity contribution in [3.05, 3.63) is 157 Å². The van der Waals surface area contributed by atoms with Crippen molar-refractivity contribution in [2.75, 3.05) is 0 Å². The number of rotatable bonds is 2. The van der Waals surface area contributed by atoms with Crippen molar-refractivity contribution in [3.8, 4) is 33.6 Å². The predicted molar refractivity (Wildman–Crippen MR) is 170 cm³/mol. The van der Waals surface area contributed by atoms with E-state index < -0.39 is 0 Å². The van der Waals surface area contributed by atoms with E-state index in [1.165, 1.54) is 43.8 Å². The van der Waals surface area contributed by atoms with Gasteiger partial charge in [-0.15, -0.1) is 65.0 Å². The summed E-state index contributed by atoms with van der Waals surface area (Å²) in [5.74, 6) is 0. The van der Waals surface area contributed by atoms with Crippen LogP contribution in [-0.4, -0.2) is 9.97 Å². The minimum atomic E-state index is -0.130. The second-order valence-electron chi connectivity index (χ2n) is 10.9. The summed E-state index contributed by atoms with van der Waals surface area (Å²) in [6.45, 7) is 4.66. The Morgan fingerprint density at radius 2 is 1.31 bits per heavy atom. The third kappa shape index (κ3) is 4.86. The molecule has 2 aromatic heterocycles. The van der Waals surface area contributed by atoms with Crippen LogP contribution in [0.15, 0.2) is 134 Å². The summed E-state index contributed by atoms with van der Waals surface area (Å²) in [5.41, 5.74) is 9.31. The molecule has 8 rings (SSSR count). The standard InChI is InChI=1S/C28H20N.C11H8N.Ir/c1-28(2)25-22-10-6-5-8-19(22)13-14-23(25)24-15-16-29-27(26(24)28)21-12-11-18-7-3-4-9-20(18)17-21;1-2-6-10(7-3-1)11-8-4-5-9-12-11;/h3-11,13-17H,1-2H3;1-6,8-9H;/q2*-1;. The largest absolute Gasteiger partial charge is 0.305 e. The number of hydrogen-bond acceptors (Lipinski definition) is 2. The molecule has 1 aliphatic carbocycles. The second-order valence-corrected chi connectivity index (χ2v) is 10.9. The van der Waals surface area contributed by atoms with Crippen LogP contribution in [0.4, 0.5) is 0 Å². The Morgan fingerprint density at radius 1 is 0.571 bits per heavy atom. The fourth-order valence-electron chi connectivity index (χ4n) is 6.16. The third-order valence-electron chi connectivity index (χ3n) is 8.00. The minimum Gasteiger partial charge on any atom is -0.305 e. The third-order valence-corrected chi connectivity index (χ3v) is 8.00. The molecule has 0 saturated carbocycles. The van der Waals surface area contributed by atoms with E-state index in [-0.39, 0.29) is 25.5 Å². The fraction of sp³-hybridized carbons (Fsp3) is 0.0769. The number of nitrogens with zero attached hydrogens (tertiary/aromatic N) is 2. The molecule has 1 aliphatic rings. The average Bonchev–Trinajstić information content (AvgIpc) is 3.29. The van der Waals surface area contributed by atoms with E-state index >= 15 is 0 Å². The van der Waals surface area contributed by atoms with Gasteiger partial charge in [0.2, 0.25) is 0 Å². The van der Waals surface area contributed by atoms with Crippen LogP contribution in [0.1, 0.15) is 25.0 Å². The Morgan fingerprint density at radius 3 is 2.10 bits per heavy atom. The van der Waals surface area contributed by atoms with Gasteiger partial charge in [-0.1, -0.05) is 92.0 Å². The maximum atomic E-state index is 4.85. The molecule has 0 spiro atoms. The van der Waals surface area contributed by atoms with Crippen molar-refractivity contribution in [3.63, 3.8) is 0 Å². The molecular weight excluding hydrogens is 689 g/mol. The molecule has 5 aromatic carbocycles. The van der Waals surface area contributed by atoms with Crippen LogP contribution in [0, 0.1) is 12.1 Å². The molecule has 2 heterocycles. The van der Waals surface area contributed by atoms with Gasteiger partial charge in [-0.2, -0.15) is 0 Å². The van der Waals surface area contributed by atoms with Gasteiger partial charge in [-0.05, 0) is 56.5 Å². The summed E-state index contributed by atoms with van der Waals surface area (Å²) in [6.07, 6.45) is 3.73. The van der Waals surface area contributed by atoms with Gasteiger partial charge in [0.15, 0.2) is 0 Å². The molecule has 0 amide bonds. The fourth-order valence-corrected chi connectivity index (χ4v) is 6.16. The van der Waals surface area contributed by atoms with Crippen LogP contribution in [0.5, 0.6) is 0 Å². The number of hydrogen-bond donors (Lipinski definition) is 0. The van der Waals surface area contributed by atoms with Gasteiger partial charge in [-0.25, -0.2) is 0 Å². The summed E-state index contributed by atoms with van der Waals surface area (Å²) in [5, 5.41) is 5.05. The van der Waals surface area contributed by atoms with E-state index in [0.29, 0.717) is 0 Å². The number of fused-ring (bicyclic) bond motifs is 6. The molecule has 0 atom stereocenters. The molecule has 42 heavy (non-hydrogen) atoms. The molecule has 0 bridgehead atoms. The average molecular weight is 717 g/mol. The molecular formula is C39H28IrN2-2. The molecule has 0 N–H and O–H groups in total. The summed E-state index contributed by atoms with van der Waals surface area (Å²) in [6, 6.07) is 48.4. The van der Waals surface area contributed by atoms with Crippen LogP contribution < -0.4 is 0 Å². The van der Waals surface area contributed by atoms with Crippen LogP contribution >= 0.6 is 0 Å². The van der Waals surface area contributed by atoms with Crippen molar-refractivity contribution < 1.29 is 20.1 Å². The van der Waals surface area contributed by atoms with Gasteiger partial charge >= 0.3 is 0 Å². The predicted octanol–water partition coefficient (Wildman–Crippen LogP) is 9.71. The Labute approximate surface area is 260 Å². The van der Waals surface area contributed by atoms with Crippen LogP contribution in [-0.2, 0) is 25.5 Å². The molecule has 2 nitrogen and oxygen atoms in total. The van der Waals surface area contributed by atoms with Crippen molar-refractivity contribution >= 4 is 21.5 Å². The molecule has 0 aliphatic heterocycles. The zero-order valence-electron chi connectivity index (χ0n) is 23.4. The first-order valence-electron chi connectivity index (χ1n) is 13.9. The first-order chi connectivity index (χ1) is 20.1. The van der Waals surface area contributed by atoms with E-state index in [0.717, 1.165) is 22.5 Å². The van der Waals surface area contributed by atoms with Crippen molar-refractivity contribution in [2.24, 2.45) is 0 Å². The van der Waals surface area contributed by atoms with Crippen molar-refractivity contribution in [2.45, 2.75) is 19.3 Å².